The van der Waals surface area contributed by atoms with Crippen molar-refractivity contribution in [2.24, 2.45) is 23.0 Å². The van der Waals surface area contributed by atoms with E-state index in [2.05, 4.69) is 25.7 Å². The third-order valence-electron chi connectivity index (χ3n) is 4.91. The average Bonchev–Trinajstić information content (AvgIpc) is 2.31. The molecule has 104 valence electrons. The fraction of sp³-hybridized carbons (Fsp3) is 0.933. The number of likely N-dealkylation sites (tertiary alicyclic amines) is 1. The Labute approximate surface area is 111 Å². The Kier molecular flexibility index (Phi) is 4.00. The van der Waals surface area contributed by atoms with Gasteiger partial charge in [0.15, 0.2) is 0 Å². The zero-order valence-electron chi connectivity index (χ0n) is 12.1. The van der Waals surface area contributed by atoms with Crippen LogP contribution in [0.5, 0.6) is 0 Å². The van der Waals surface area contributed by atoms with E-state index in [4.69, 9.17) is 5.73 Å². The monoisotopic (exact) mass is 252 g/mol. The molecular weight excluding hydrogens is 224 g/mol. The molecule has 1 aliphatic heterocycles. The molecule has 2 rings (SSSR count). The molecule has 0 aromatic carbocycles. The zero-order chi connectivity index (χ0) is 13.3. The lowest BCUT2D eigenvalue weighted by Gasteiger charge is -2.40. The van der Waals surface area contributed by atoms with Gasteiger partial charge in [-0.25, -0.2) is 0 Å². The maximum Gasteiger partial charge on any atom is 0.227 e. The molecule has 2 aliphatic rings. The summed E-state index contributed by atoms with van der Waals surface area (Å²) in [6, 6.07) is 0.0867. The Morgan fingerprint density at radius 2 is 1.83 bits per heavy atom. The second kappa shape index (κ2) is 5.20. The summed E-state index contributed by atoms with van der Waals surface area (Å²) >= 11 is 0. The van der Waals surface area contributed by atoms with Crippen LogP contribution in [0.4, 0.5) is 0 Å². The van der Waals surface area contributed by atoms with Gasteiger partial charge in [-0.15, -0.1) is 0 Å². The van der Waals surface area contributed by atoms with Crippen molar-refractivity contribution in [1.29, 1.82) is 0 Å². The number of hydrogen-bond donors (Lipinski definition) is 1. The number of carbonyl (C=O) groups excluding carboxylic acids is 1. The van der Waals surface area contributed by atoms with E-state index in [1.54, 1.807) is 0 Å². The van der Waals surface area contributed by atoms with E-state index in [9.17, 15) is 4.79 Å². The fourth-order valence-electron chi connectivity index (χ4n) is 3.26. The molecule has 2 fully saturated rings. The Hall–Kier alpha value is -0.570. The highest BCUT2D eigenvalue weighted by molar-refractivity contribution is 5.79. The molecule has 3 unspecified atom stereocenters. The highest BCUT2D eigenvalue weighted by Gasteiger charge is 2.36. The lowest BCUT2D eigenvalue weighted by molar-refractivity contribution is -0.139. The molecule has 0 spiro atoms. The van der Waals surface area contributed by atoms with Gasteiger partial charge in [-0.3, -0.25) is 4.79 Å². The first-order valence-corrected chi connectivity index (χ1v) is 7.43. The standard InChI is InChI=1S/C15H28N2O/c1-11-4-5-13(16)12(10-11)14(18)17-8-6-15(2,3)7-9-17/h11-13H,4-10,16H2,1-3H3. The number of nitrogens with two attached hydrogens (primary N) is 1. The van der Waals surface area contributed by atoms with Crippen molar-refractivity contribution in [3.05, 3.63) is 0 Å². The van der Waals surface area contributed by atoms with Crippen molar-refractivity contribution in [2.45, 2.75) is 58.9 Å². The normalized spacial score (nSPS) is 36.4. The van der Waals surface area contributed by atoms with Gasteiger partial charge in [0.2, 0.25) is 5.91 Å². The molecule has 0 aromatic heterocycles. The molecule has 1 saturated heterocycles. The lowest BCUT2D eigenvalue weighted by Crippen LogP contribution is -2.50. The van der Waals surface area contributed by atoms with E-state index in [1.807, 2.05) is 0 Å². The van der Waals surface area contributed by atoms with Gasteiger partial charge in [-0.2, -0.15) is 0 Å². The quantitative estimate of drug-likeness (QED) is 0.779. The number of nitrogens with zero attached hydrogens (tertiary/aromatic N) is 1. The first kappa shape index (κ1) is 13.9. The van der Waals surface area contributed by atoms with Crippen molar-refractivity contribution < 1.29 is 4.79 Å². The Bertz CT molecular complexity index is 304. The average molecular weight is 252 g/mol. The summed E-state index contributed by atoms with van der Waals surface area (Å²) in [7, 11) is 0. The van der Waals surface area contributed by atoms with Gasteiger partial charge in [-0.1, -0.05) is 20.8 Å². The molecule has 1 heterocycles. The zero-order valence-corrected chi connectivity index (χ0v) is 12.1. The smallest absolute Gasteiger partial charge is 0.227 e. The van der Waals surface area contributed by atoms with E-state index >= 15 is 0 Å². The van der Waals surface area contributed by atoms with Crippen molar-refractivity contribution in [3.8, 4) is 0 Å². The van der Waals surface area contributed by atoms with E-state index in [1.165, 1.54) is 6.42 Å². The van der Waals surface area contributed by atoms with Gasteiger partial charge in [-0.05, 0) is 43.4 Å². The number of amides is 1. The first-order valence-electron chi connectivity index (χ1n) is 7.43. The van der Waals surface area contributed by atoms with Crippen LogP contribution in [-0.2, 0) is 4.79 Å². The van der Waals surface area contributed by atoms with Crippen LogP contribution >= 0.6 is 0 Å². The molecule has 0 aromatic rings. The van der Waals surface area contributed by atoms with Gasteiger partial charge in [0.25, 0.3) is 0 Å². The van der Waals surface area contributed by atoms with Gasteiger partial charge in [0, 0.05) is 19.1 Å². The van der Waals surface area contributed by atoms with Gasteiger partial charge >= 0.3 is 0 Å². The minimum atomic E-state index is 0.0787. The van der Waals surface area contributed by atoms with Crippen LogP contribution < -0.4 is 5.73 Å². The summed E-state index contributed by atoms with van der Waals surface area (Å²) in [6.45, 7) is 8.67. The first-order chi connectivity index (χ1) is 8.39. The minimum absolute atomic E-state index is 0.0787. The predicted molar refractivity (Wildman–Crippen MR) is 74.1 cm³/mol. The topological polar surface area (TPSA) is 46.3 Å². The van der Waals surface area contributed by atoms with Crippen molar-refractivity contribution in [3.63, 3.8) is 0 Å². The SMILES string of the molecule is CC1CCC(N)C(C(=O)N2CCC(C)(C)CC2)C1. The number of carbonyl (C=O) groups is 1. The van der Waals surface area contributed by atoms with Crippen LogP contribution in [0.15, 0.2) is 0 Å². The molecule has 18 heavy (non-hydrogen) atoms. The van der Waals surface area contributed by atoms with Crippen molar-refractivity contribution in [2.75, 3.05) is 13.1 Å². The molecule has 3 atom stereocenters. The highest BCUT2D eigenvalue weighted by atomic mass is 16.2. The molecular formula is C15H28N2O. The lowest BCUT2D eigenvalue weighted by atomic mass is 9.77. The Morgan fingerprint density at radius 1 is 1.22 bits per heavy atom. The molecule has 1 saturated carbocycles. The largest absolute Gasteiger partial charge is 0.342 e. The van der Waals surface area contributed by atoms with Gasteiger partial charge in [0.1, 0.15) is 0 Å². The summed E-state index contributed by atoms with van der Waals surface area (Å²) in [6.07, 6.45) is 5.42. The molecule has 3 heteroatoms. The van der Waals surface area contributed by atoms with Gasteiger partial charge in [0.05, 0.1) is 5.92 Å². The number of rotatable bonds is 1. The maximum atomic E-state index is 12.6. The predicted octanol–water partition coefficient (Wildman–Crippen LogP) is 2.40. The molecule has 1 amide bonds. The Morgan fingerprint density at radius 3 is 2.44 bits per heavy atom. The summed E-state index contributed by atoms with van der Waals surface area (Å²) < 4.78 is 0. The summed E-state index contributed by atoms with van der Waals surface area (Å²) in [5.41, 5.74) is 6.56. The summed E-state index contributed by atoms with van der Waals surface area (Å²) in [5.74, 6) is 1.06. The van der Waals surface area contributed by atoms with Crippen LogP contribution in [0.3, 0.4) is 0 Å². The third kappa shape index (κ3) is 3.05. The Balaban J connectivity index is 1.94. The van der Waals surface area contributed by atoms with Gasteiger partial charge < -0.3 is 10.6 Å². The van der Waals surface area contributed by atoms with Crippen LogP contribution in [0.2, 0.25) is 0 Å². The van der Waals surface area contributed by atoms with Crippen molar-refractivity contribution >= 4 is 5.91 Å². The fourth-order valence-corrected chi connectivity index (χ4v) is 3.26. The number of hydrogen-bond acceptors (Lipinski definition) is 2. The second-order valence-corrected chi connectivity index (χ2v) is 7.18. The van der Waals surface area contributed by atoms with E-state index in [0.717, 1.165) is 38.8 Å². The van der Waals surface area contributed by atoms with Crippen LogP contribution in [0.25, 0.3) is 0 Å². The van der Waals surface area contributed by atoms with E-state index in [0.29, 0.717) is 17.2 Å². The van der Waals surface area contributed by atoms with Crippen LogP contribution in [0.1, 0.15) is 52.9 Å². The van der Waals surface area contributed by atoms with Crippen LogP contribution in [-0.4, -0.2) is 29.9 Å². The molecule has 2 N–H and O–H groups in total. The molecule has 1 aliphatic carbocycles. The third-order valence-corrected chi connectivity index (χ3v) is 4.91. The summed E-state index contributed by atoms with van der Waals surface area (Å²) in [5, 5.41) is 0. The van der Waals surface area contributed by atoms with Crippen LogP contribution in [0, 0.1) is 17.3 Å². The molecule has 3 nitrogen and oxygen atoms in total. The van der Waals surface area contributed by atoms with E-state index < -0.39 is 0 Å². The summed E-state index contributed by atoms with van der Waals surface area (Å²) in [4.78, 5) is 14.6. The molecule has 0 bridgehead atoms. The molecule has 0 radical (unpaired) electrons. The minimum Gasteiger partial charge on any atom is -0.342 e. The maximum absolute atomic E-state index is 12.6. The second-order valence-electron chi connectivity index (χ2n) is 7.18. The number of piperidine rings is 1. The van der Waals surface area contributed by atoms with E-state index in [-0.39, 0.29) is 12.0 Å². The van der Waals surface area contributed by atoms with Crippen molar-refractivity contribution in [1.82, 2.24) is 4.90 Å². The highest BCUT2D eigenvalue weighted by Crippen LogP contribution is 2.33.